The second-order valence-corrected chi connectivity index (χ2v) is 8.25. The summed E-state index contributed by atoms with van der Waals surface area (Å²) in [6, 6.07) is 0. The molecule has 152 valence electrons. The summed E-state index contributed by atoms with van der Waals surface area (Å²) < 4.78 is 0. The predicted molar refractivity (Wildman–Crippen MR) is 112 cm³/mol. The smallest absolute Gasteiger partial charge is 0.273 e. The maximum Gasteiger partial charge on any atom is 0.273 e. The van der Waals surface area contributed by atoms with Crippen LogP contribution >= 0.6 is 0 Å². The molecule has 0 saturated heterocycles. The van der Waals surface area contributed by atoms with Crippen LogP contribution in [0.25, 0.3) is 11.3 Å². The number of hydrogen-bond donors (Lipinski definition) is 4. The third kappa shape index (κ3) is 3.67. The lowest BCUT2D eigenvalue weighted by molar-refractivity contribution is 0.709. The highest BCUT2D eigenvalue weighted by molar-refractivity contribution is 5.60. The number of likely N-dealkylation sites (N-methyl/N-ethyl adjacent to an activating group) is 1. The minimum Gasteiger partial charge on any atom is -0.361 e. The lowest BCUT2D eigenvalue weighted by Gasteiger charge is -2.09. The first kappa shape index (κ1) is 18.4. The Morgan fingerprint density at radius 2 is 1.93 bits per heavy atom. The van der Waals surface area contributed by atoms with Gasteiger partial charge in [-0.2, -0.15) is 0 Å². The maximum atomic E-state index is 12.1. The zero-order valence-corrected chi connectivity index (χ0v) is 16.8. The van der Waals surface area contributed by atoms with Crippen molar-refractivity contribution in [2.45, 2.75) is 57.3 Å². The Kier molecular flexibility index (Phi) is 4.83. The fraction of sp³-hybridized carbons (Fsp3) is 0.500. The van der Waals surface area contributed by atoms with Crippen LogP contribution in [0, 0.1) is 0 Å². The van der Waals surface area contributed by atoms with E-state index in [0.29, 0.717) is 29.5 Å². The van der Waals surface area contributed by atoms with Crippen molar-refractivity contribution in [1.29, 1.82) is 0 Å². The van der Waals surface area contributed by atoms with Gasteiger partial charge < -0.3 is 15.4 Å². The van der Waals surface area contributed by atoms with Crippen LogP contribution in [0.3, 0.4) is 0 Å². The van der Waals surface area contributed by atoms with Gasteiger partial charge in [-0.3, -0.25) is 19.9 Å². The molecule has 0 unspecified atom stereocenters. The molecule has 2 aliphatic rings. The molecule has 2 saturated carbocycles. The van der Waals surface area contributed by atoms with Gasteiger partial charge in [0.25, 0.3) is 5.56 Å². The van der Waals surface area contributed by atoms with Gasteiger partial charge in [-0.1, -0.05) is 6.92 Å². The molecule has 0 amide bonds. The molecule has 3 aromatic rings. The van der Waals surface area contributed by atoms with Gasteiger partial charge in [0, 0.05) is 36.4 Å². The van der Waals surface area contributed by atoms with Crippen molar-refractivity contribution in [3.63, 3.8) is 0 Å². The molecule has 7 heteroatoms. The van der Waals surface area contributed by atoms with E-state index in [1.807, 2.05) is 0 Å². The molecular formula is C22H28N6O. The molecule has 7 nitrogen and oxygen atoms in total. The molecule has 0 aromatic carbocycles. The van der Waals surface area contributed by atoms with E-state index in [0.717, 1.165) is 25.2 Å². The molecule has 0 radical (unpaired) electrons. The second-order valence-electron chi connectivity index (χ2n) is 8.25. The van der Waals surface area contributed by atoms with E-state index in [1.54, 1.807) is 18.6 Å². The number of rotatable bonds is 9. The maximum absolute atomic E-state index is 12.1. The highest BCUT2D eigenvalue weighted by atomic mass is 16.1. The van der Waals surface area contributed by atoms with Crippen LogP contribution in [-0.2, 0) is 12.8 Å². The summed E-state index contributed by atoms with van der Waals surface area (Å²) in [4.78, 5) is 25.0. The summed E-state index contributed by atoms with van der Waals surface area (Å²) in [6.45, 7) is 4.18. The number of aromatic amines is 3. The third-order valence-corrected chi connectivity index (χ3v) is 6.05. The van der Waals surface area contributed by atoms with Crippen LogP contribution in [0.15, 0.2) is 23.4 Å². The predicted octanol–water partition coefficient (Wildman–Crippen LogP) is 2.99. The average molecular weight is 393 g/mol. The molecular weight excluding hydrogens is 364 g/mol. The summed E-state index contributed by atoms with van der Waals surface area (Å²) in [5.41, 5.74) is 7.67. The summed E-state index contributed by atoms with van der Waals surface area (Å²) in [5.74, 6) is 1.35. The van der Waals surface area contributed by atoms with Crippen LogP contribution in [-0.4, -0.2) is 38.2 Å². The van der Waals surface area contributed by atoms with Gasteiger partial charge in [-0.25, -0.2) is 0 Å². The van der Waals surface area contributed by atoms with Crippen molar-refractivity contribution in [3.05, 3.63) is 57.2 Å². The van der Waals surface area contributed by atoms with Crippen molar-refractivity contribution >= 4 is 0 Å². The summed E-state index contributed by atoms with van der Waals surface area (Å²) >= 11 is 0. The molecule has 4 N–H and O–H groups in total. The Morgan fingerprint density at radius 1 is 1.14 bits per heavy atom. The molecule has 3 aromatic heterocycles. The van der Waals surface area contributed by atoms with Crippen LogP contribution in [0.5, 0.6) is 0 Å². The van der Waals surface area contributed by atoms with E-state index in [-0.39, 0.29) is 5.56 Å². The summed E-state index contributed by atoms with van der Waals surface area (Å²) in [5, 5.41) is 8.86. The number of hydrogen-bond acceptors (Lipinski definition) is 4. The van der Waals surface area contributed by atoms with Gasteiger partial charge in [-0.05, 0) is 68.2 Å². The highest BCUT2D eigenvalue weighted by Crippen LogP contribution is 2.49. The Hall–Kier alpha value is -2.67. The Balaban J connectivity index is 1.53. The van der Waals surface area contributed by atoms with Crippen molar-refractivity contribution in [2.75, 3.05) is 13.1 Å². The van der Waals surface area contributed by atoms with Crippen LogP contribution < -0.4 is 10.9 Å². The van der Waals surface area contributed by atoms with Crippen molar-refractivity contribution in [1.82, 2.24) is 30.5 Å². The Morgan fingerprint density at radius 3 is 2.62 bits per heavy atom. The number of nitrogens with one attached hydrogen (secondary N) is 4. The Labute approximate surface area is 169 Å². The highest BCUT2D eigenvalue weighted by Gasteiger charge is 2.36. The standard InChI is InChI=1S/C22H28N6O/c1-2-23-8-7-15-19(13-3-4-13)17(27-20(15)14-5-6-14)11-18-21(25-10-9-24-18)16-12-26-28-22(16)29/h9-10,12-14,23,27H,2-8,11H2,1H3,(H2,26,28,29). The second kappa shape index (κ2) is 7.63. The number of H-pyrrole nitrogens is 3. The number of nitrogens with zero attached hydrogens (tertiary/aromatic N) is 2. The fourth-order valence-corrected chi connectivity index (χ4v) is 4.39. The molecule has 2 fully saturated rings. The minimum absolute atomic E-state index is 0.161. The van der Waals surface area contributed by atoms with Gasteiger partial charge in [0.2, 0.25) is 0 Å². The van der Waals surface area contributed by atoms with Crippen molar-refractivity contribution in [2.24, 2.45) is 0 Å². The first-order chi connectivity index (χ1) is 14.3. The summed E-state index contributed by atoms with van der Waals surface area (Å²) in [6.07, 6.45) is 11.9. The fourth-order valence-electron chi connectivity index (χ4n) is 4.39. The van der Waals surface area contributed by atoms with Crippen molar-refractivity contribution < 1.29 is 0 Å². The van der Waals surface area contributed by atoms with Gasteiger partial charge in [0.1, 0.15) is 0 Å². The van der Waals surface area contributed by atoms with Gasteiger partial charge in [0.15, 0.2) is 0 Å². The van der Waals surface area contributed by atoms with Crippen LogP contribution in [0.1, 0.15) is 72.7 Å². The number of aromatic nitrogens is 5. The van der Waals surface area contributed by atoms with E-state index in [9.17, 15) is 4.79 Å². The third-order valence-electron chi connectivity index (χ3n) is 6.05. The van der Waals surface area contributed by atoms with E-state index >= 15 is 0 Å². The minimum atomic E-state index is -0.161. The first-order valence-corrected chi connectivity index (χ1v) is 10.8. The molecule has 2 aliphatic carbocycles. The molecule has 5 rings (SSSR count). The molecule has 0 atom stereocenters. The van der Waals surface area contributed by atoms with Gasteiger partial charge in [0.05, 0.1) is 17.0 Å². The largest absolute Gasteiger partial charge is 0.361 e. The zero-order chi connectivity index (χ0) is 19.8. The van der Waals surface area contributed by atoms with E-state index in [1.165, 1.54) is 48.2 Å². The van der Waals surface area contributed by atoms with Crippen molar-refractivity contribution in [3.8, 4) is 11.3 Å². The van der Waals surface area contributed by atoms with E-state index < -0.39 is 0 Å². The quantitative estimate of drug-likeness (QED) is 0.420. The summed E-state index contributed by atoms with van der Waals surface area (Å²) in [7, 11) is 0. The Bertz CT molecular complexity index is 1050. The molecule has 0 aliphatic heterocycles. The lowest BCUT2D eigenvalue weighted by Crippen LogP contribution is -2.17. The van der Waals surface area contributed by atoms with Crippen LogP contribution in [0.4, 0.5) is 0 Å². The van der Waals surface area contributed by atoms with Crippen LogP contribution in [0.2, 0.25) is 0 Å². The molecule has 3 heterocycles. The van der Waals surface area contributed by atoms with E-state index in [2.05, 4.69) is 37.4 Å². The first-order valence-electron chi connectivity index (χ1n) is 10.8. The zero-order valence-electron chi connectivity index (χ0n) is 16.8. The normalized spacial score (nSPS) is 16.4. The average Bonchev–Trinajstić information content (AvgIpc) is 3.66. The SMILES string of the molecule is CCNCCc1c(C2CC2)[nH]c(Cc2nccnc2-c2c[nH][nH]c2=O)c1C1CC1. The molecule has 0 spiro atoms. The molecule has 0 bridgehead atoms. The topological polar surface area (TPSA) is 102 Å². The van der Waals surface area contributed by atoms with Gasteiger partial charge in [-0.15, -0.1) is 0 Å². The lowest BCUT2D eigenvalue weighted by atomic mass is 9.97. The van der Waals surface area contributed by atoms with E-state index in [4.69, 9.17) is 0 Å². The van der Waals surface area contributed by atoms with Gasteiger partial charge >= 0.3 is 0 Å². The molecule has 29 heavy (non-hydrogen) atoms. The monoisotopic (exact) mass is 392 g/mol.